The molecule has 0 spiro atoms. The number of piperazine rings is 1. The third kappa shape index (κ3) is 4.33. The first-order valence-electron chi connectivity index (χ1n) is 9.63. The molecule has 3 rings (SSSR count). The van der Waals surface area contributed by atoms with Crippen molar-refractivity contribution in [3.05, 3.63) is 52.7 Å². The first kappa shape index (κ1) is 21.0. The molecule has 1 aromatic carbocycles. The van der Waals surface area contributed by atoms with E-state index in [4.69, 9.17) is 0 Å². The number of aromatic amines is 1. The van der Waals surface area contributed by atoms with E-state index in [0.29, 0.717) is 45.0 Å². The van der Waals surface area contributed by atoms with Crippen LogP contribution in [0.25, 0.3) is 0 Å². The number of hydrogen-bond donors (Lipinski definition) is 0. The Hall–Kier alpha value is -2.72. The Morgan fingerprint density at radius 3 is 2.28 bits per heavy atom. The number of nitro benzene ring substituents is 1. The van der Waals surface area contributed by atoms with Crippen LogP contribution in [-0.2, 0) is 10.0 Å². The summed E-state index contributed by atoms with van der Waals surface area (Å²) in [7, 11) is -3.75. The fourth-order valence-electron chi connectivity index (χ4n) is 3.56. The van der Waals surface area contributed by atoms with Gasteiger partial charge in [0, 0.05) is 25.2 Å². The number of rotatable bonds is 7. The Morgan fingerprint density at radius 1 is 1.07 bits per heavy atom. The molecule has 0 amide bonds. The molecule has 0 unspecified atom stereocenters. The smallest absolute Gasteiger partial charge is 0.293 e. The Labute approximate surface area is 170 Å². The van der Waals surface area contributed by atoms with E-state index < -0.39 is 14.9 Å². The number of benzene rings is 1. The summed E-state index contributed by atoms with van der Waals surface area (Å²) in [6.45, 7) is 6.73. The molecule has 1 fully saturated rings. The van der Waals surface area contributed by atoms with Gasteiger partial charge >= 0.3 is 0 Å². The van der Waals surface area contributed by atoms with Gasteiger partial charge in [0.2, 0.25) is 10.0 Å². The van der Waals surface area contributed by atoms with E-state index in [-0.39, 0.29) is 10.6 Å². The van der Waals surface area contributed by atoms with Crippen molar-refractivity contribution in [3.63, 3.8) is 0 Å². The minimum atomic E-state index is -3.75. The molecular weight excluding hydrogens is 394 g/mol. The molecule has 1 aromatic heterocycles. The molecule has 29 heavy (non-hydrogen) atoms. The highest BCUT2D eigenvalue weighted by molar-refractivity contribution is 7.89. The SMILES string of the molecule is CCN(CC)S(=O)(=O)c1ccc(N2CCN(c3cccc[nH+]3)CC2)c([N+](=O)[O-])c1. The number of sulfonamides is 1. The minimum absolute atomic E-state index is 0.0471. The summed E-state index contributed by atoms with van der Waals surface area (Å²) in [4.78, 5) is 18.5. The molecule has 9 nitrogen and oxygen atoms in total. The summed E-state index contributed by atoms with van der Waals surface area (Å²) in [5.74, 6) is 1.00. The van der Waals surface area contributed by atoms with Crippen LogP contribution in [0.5, 0.6) is 0 Å². The van der Waals surface area contributed by atoms with Crippen LogP contribution in [0.4, 0.5) is 17.2 Å². The molecule has 0 radical (unpaired) electrons. The lowest BCUT2D eigenvalue weighted by Crippen LogP contribution is -2.48. The fraction of sp³-hybridized carbons (Fsp3) is 0.421. The molecule has 0 aliphatic carbocycles. The van der Waals surface area contributed by atoms with E-state index in [2.05, 4.69) is 9.88 Å². The van der Waals surface area contributed by atoms with Crippen molar-refractivity contribution in [2.45, 2.75) is 18.7 Å². The lowest BCUT2D eigenvalue weighted by Gasteiger charge is -2.32. The third-order valence-electron chi connectivity index (χ3n) is 5.14. The van der Waals surface area contributed by atoms with Gasteiger partial charge in [-0.1, -0.05) is 19.9 Å². The predicted octanol–water partition coefficient (Wildman–Crippen LogP) is 1.77. The largest absolute Gasteiger partial charge is 0.358 e. The Bertz CT molecular complexity index is 956. The highest BCUT2D eigenvalue weighted by atomic mass is 32.2. The quantitative estimate of drug-likeness (QED) is 0.500. The average molecular weight is 421 g/mol. The predicted molar refractivity (Wildman–Crippen MR) is 111 cm³/mol. The van der Waals surface area contributed by atoms with Crippen molar-refractivity contribution in [1.29, 1.82) is 0 Å². The molecule has 156 valence electrons. The first-order valence-corrected chi connectivity index (χ1v) is 11.1. The van der Waals surface area contributed by atoms with Gasteiger partial charge in [-0.05, 0) is 18.2 Å². The maximum absolute atomic E-state index is 12.7. The lowest BCUT2D eigenvalue weighted by atomic mass is 10.2. The van der Waals surface area contributed by atoms with Crippen LogP contribution in [-0.4, -0.2) is 56.9 Å². The fourth-order valence-corrected chi connectivity index (χ4v) is 5.04. The van der Waals surface area contributed by atoms with Gasteiger partial charge in [0.05, 0.1) is 29.1 Å². The van der Waals surface area contributed by atoms with E-state index in [9.17, 15) is 18.5 Å². The normalized spacial score (nSPS) is 15.0. The van der Waals surface area contributed by atoms with Gasteiger partial charge < -0.3 is 4.90 Å². The molecule has 1 aliphatic rings. The van der Waals surface area contributed by atoms with Crippen molar-refractivity contribution in [3.8, 4) is 0 Å². The van der Waals surface area contributed by atoms with Gasteiger partial charge in [0.15, 0.2) is 0 Å². The van der Waals surface area contributed by atoms with Gasteiger partial charge in [-0.25, -0.2) is 13.4 Å². The van der Waals surface area contributed by atoms with Crippen molar-refractivity contribution in [2.24, 2.45) is 0 Å². The summed E-state index contributed by atoms with van der Waals surface area (Å²) in [6.07, 6.45) is 1.86. The summed E-state index contributed by atoms with van der Waals surface area (Å²) < 4.78 is 26.8. The zero-order valence-electron chi connectivity index (χ0n) is 16.6. The zero-order valence-corrected chi connectivity index (χ0v) is 17.4. The van der Waals surface area contributed by atoms with Crippen LogP contribution in [0.3, 0.4) is 0 Å². The molecule has 0 atom stereocenters. The molecule has 10 heteroatoms. The van der Waals surface area contributed by atoms with Crippen molar-refractivity contribution < 1.29 is 18.3 Å². The monoisotopic (exact) mass is 420 g/mol. The van der Waals surface area contributed by atoms with Gasteiger partial charge in [0.25, 0.3) is 11.5 Å². The highest BCUT2D eigenvalue weighted by Crippen LogP contribution is 2.32. The summed E-state index contributed by atoms with van der Waals surface area (Å²) >= 11 is 0. The maximum Gasteiger partial charge on any atom is 0.293 e. The highest BCUT2D eigenvalue weighted by Gasteiger charge is 2.30. The molecule has 0 saturated carbocycles. The number of H-pyrrole nitrogens is 1. The van der Waals surface area contributed by atoms with Crippen LogP contribution in [0.1, 0.15) is 13.8 Å². The number of anilines is 2. The van der Waals surface area contributed by atoms with Gasteiger partial charge in [-0.3, -0.25) is 15.0 Å². The molecule has 1 N–H and O–H groups in total. The summed E-state index contributed by atoms with van der Waals surface area (Å²) in [5, 5.41) is 11.7. The first-order chi connectivity index (χ1) is 13.9. The Morgan fingerprint density at radius 2 is 1.72 bits per heavy atom. The van der Waals surface area contributed by atoms with Crippen LogP contribution in [0, 0.1) is 10.1 Å². The van der Waals surface area contributed by atoms with Crippen molar-refractivity contribution >= 4 is 27.2 Å². The number of aromatic nitrogens is 1. The van der Waals surface area contributed by atoms with Crippen LogP contribution >= 0.6 is 0 Å². The van der Waals surface area contributed by atoms with Crippen molar-refractivity contribution in [2.75, 3.05) is 49.1 Å². The van der Waals surface area contributed by atoms with Crippen LogP contribution < -0.4 is 14.8 Å². The van der Waals surface area contributed by atoms with E-state index in [1.54, 1.807) is 19.9 Å². The second kappa shape index (κ2) is 8.75. The molecule has 2 aromatic rings. The Kier molecular flexibility index (Phi) is 6.33. The third-order valence-corrected chi connectivity index (χ3v) is 7.19. The van der Waals surface area contributed by atoms with E-state index in [1.165, 1.54) is 16.4 Å². The number of pyridine rings is 1. The van der Waals surface area contributed by atoms with Gasteiger partial charge in [0.1, 0.15) is 18.8 Å². The molecule has 1 saturated heterocycles. The number of hydrogen-bond acceptors (Lipinski definition) is 6. The van der Waals surface area contributed by atoms with E-state index >= 15 is 0 Å². The van der Waals surface area contributed by atoms with E-state index in [0.717, 1.165) is 5.82 Å². The van der Waals surface area contributed by atoms with E-state index in [1.807, 2.05) is 29.3 Å². The molecule has 0 bridgehead atoms. The number of nitrogens with one attached hydrogen (secondary N) is 1. The lowest BCUT2D eigenvalue weighted by molar-refractivity contribution is -0.384. The minimum Gasteiger partial charge on any atom is -0.358 e. The van der Waals surface area contributed by atoms with Crippen molar-refractivity contribution in [1.82, 2.24) is 4.31 Å². The zero-order chi connectivity index (χ0) is 21.0. The molecule has 2 heterocycles. The standard InChI is InChI=1S/C19H25N5O4S/c1-3-23(4-2)29(27,28)16-8-9-17(18(15-16)24(25)26)21-11-13-22(14-12-21)19-7-5-6-10-20-19/h5-10,15H,3-4,11-14H2,1-2H3/p+1. The Balaban J connectivity index is 1.84. The van der Waals surface area contributed by atoms with Crippen LogP contribution in [0.15, 0.2) is 47.5 Å². The summed E-state index contributed by atoms with van der Waals surface area (Å²) in [5.41, 5.74) is 0.267. The topological polar surface area (TPSA) is 101 Å². The average Bonchev–Trinajstić information content (AvgIpc) is 2.74. The molecular formula is C19H26N5O4S+. The summed E-state index contributed by atoms with van der Waals surface area (Å²) in [6, 6.07) is 10.1. The number of nitrogens with zero attached hydrogens (tertiary/aromatic N) is 4. The van der Waals surface area contributed by atoms with Crippen LogP contribution in [0.2, 0.25) is 0 Å². The second-order valence-corrected chi connectivity index (χ2v) is 8.66. The van der Waals surface area contributed by atoms with Gasteiger partial charge in [-0.15, -0.1) is 0 Å². The second-order valence-electron chi connectivity index (χ2n) is 6.72. The maximum atomic E-state index is 12.7. The molecule has 1 aliphatic heterocycles. The number of nitro groups is 1. The van der Waals surface area contributed by atoms with Gasteiger partial charge in [-0.2, -0.15) is 4.31 Å².